The first-order valence-electron chi connectivity index (χ1n) is 34.0. The molecule has 0 fully saturated rings. The van der Waals surface area contributed by atoms with Crippen LogP contribution in [0, 0.1) is 0 Å². The standard InChI is InChI=1S/C77H124O6/c1-4-7-10-13-16-19-22-25-28-31-34-36-38-40-43-46-49-52-55-58-61-64-67-70-76(79)82-73-74(72-81-75(78)69-66-63-60-57-54-51-48-45-42-33-30-27-24-21-18-15-12-9-6-3)83-77(80)71-68-65-62-59-56-53-50-47-44-41-39-37-35-32-29-26-23-20-17-14-11-8-5-2/h7,9-10,12,16,18-19,21,25,27-28,30,32,34-36,40,42-43,45,49,51-52,54,60,63,74H,4-6,8,11,13-15,17,20,22-24,26,29,31,33,37-39,41,44,46-48,50,53,55-59,61-62,64-73H2,1-3H3/b10-7-,12-9-,19-16-,21-18-,28-25-,30-27-,35-32-,36-34-,43-40-,45-42-,52-49-,54-51-,63-60-. The van der Waals surface area contributed by atoms with Gasteiger partial charge in [0.2, 0.25) is 0 Å². The third-order valence-corrected chi connectivity index (χ3v) is 14.0. The van der Waals surface area contributed by atoms with Crippen molar-refractivity contribution in [1.29, 1.82) is 0 Å². The number of carbonyl (C=O) groups is 3. The van der Waals surface area contributed by atoms with Crippen molar-refractivity contribution in [3.05, 3.63) is 158 Å². The molecule has 0 spiro atoms. The quantitative estimate of drug-likeness (QED) is 0.0261. The molecule has 0 bridgehead atoms. The molecule has 0 aliphatic heterocycles. The van der Waals surface area contributed by atoms with E-state index >= 15 is 0 Å². The van der Waals surface area contributed by atoms with Crippen LogP contribution in [0.4, 0.5) is 0 Å². The number of esters is 3. The molecule has 0 aromatic heterocycles. The highest BCUT2D eigenvalue weighted by Gasteiger charge is 2.19. The highest BCUT2D eigenvalue weighted by molar-refractivity contribution is 5.71. The third kappa shape index (κ3) is 67.7. The number of ether oxygens (including phenoxy) is 3. The van der Waals surface area contributed by atoms with Gasteiger partial charge in [0.15, 0.2) is 6.10 Å². The third-order valence-electron chi connectivity index (χ3n) is 14.0. The number of hydrogen-bond acceptors (Lipinski definition) is 6. The van der Waals surface area contributed by atoms with Gasteiger partial charge in [-0.3, -0.25) is 14.4 Å². The van der Waals surface area contributed by atoms with Gasteiger partial charge in [0.25, 0.3) is 0 Å². The van der Waals surface area contributed by atoms with E-state index in [0.29, 0.717) is 19.3 Å². The van der Waals surface area contributed by atoms with Gasteiger partial charge in [-0.1, -0.05) is 294 Å². The number of allylic oxidation sites excluding steroid dienone is 26. The zero-order valence-corrected chi connectivity index (χ0v) is 53.7. The van der Waals surface area contributed by atoms with Crippen molar-refractivity contribution >= 4 is 17.9 Å². The van der Waals surface area contributed by atoms with Crippen molar-refractivity contribution in [2.75, 3.05) is 13.2 Å². The minimum absolute atomic E-state index is 0.121. The predicted molar refractivity (Wildman–Crippen MR) is 362 cm³/mol. The highest BCUT2D eigenvalue weighted by atomic mass is 16.6. The Kier molecular flexibility index (Phi) is 65.4. The van der Waals surface area contributed by atoms with Crippen molar-refractivity contribution in [3.8, 4) is 0 Å². The van der Waals surface area contributed by atoms with Crippen molar-refractivity contribution in [2.45, 2.75) is 297 Å². The summed E-state index contributed by atoms with van der Waals surface area (Å²) >= 11 is 0. The van der Waals surface area contributed by atoms with Crippen LogP contribution in [-0.2, 0) is 28.6 Å². The Labute approximate surface area is 511 Å². The molecule has 6 nitrogen and oxygen atoms in total. The van der Waals surface area contributed by atoms with Crippen LogP contribution in [0.5, 0.6) is 0 Å². The molecule has 0 rings (SSSR count). The van der Waals surface area contributed by atoms with Gasteiger partial charge in [0.05, 0.1) is 0 Å². The Bertz CT molecular complexity index is 1840. The first-order valence-corrected chi connectivity index (χ1v) is 34.0. The van der Waals surface area contributed by atoms with Crippen LogP contribution in [0.25, 0.3) is 0 Å². The van der Waals surface area contributed by atoms with Crippen LogP contribution in [0.1, 0.15) is 290 Å². The van der Waals surface area contributed by atoms with Crippen molar-refractivity contribution in [1.82, 2.24) is 0 Å². The fourth-order valence-corrected chi connectivity index (χ4v) is 9.00. The second-order valence-corrected chi connectivity index (χ2v) is 22.0. The minimum Gasteiger partial charge on any atom is -0.462 e. The molecule has 0 aromatic rings. The lowest BCUT2D eigenvalue weighted by molar-refractivity contribution is -0.166. The zero-order valence-electron chi connectivity index (χ0n) is 53.7. The Morgan fingerprint density at radius 3 is 0.819 bits per heavy atom. The lowest BCUT2D eigenvalue weighted by Gasteiger charge is -2.18. The lowest BCUT2D eigenvalue weighted by Crippen LogP contribution is -2.30. The van der Waals surface area contributed by atoms with Crippen LogP contribution < -0.4 is 0 Å². The Balaban J connectivity index is 4.54. The molecular formula is C77H124O6. The van der Waals surface area contributed by atoms with Gasteiger partial charge in [-0.2, -0.15) is 0 Å². The second kappa shape index (κ2) is 69.5. The summed E-state index contributed by atoms with van der Waals surface area (Å²) in [6.45, 7) is 6.34. The topological polar surface area (TPSA) is 78.9 Å². The summed E-state index contributed by atoms with van der Waals surface area (Å²) in [6.07, 6.45) is 101. The largest absolute Gasteiger partial charge is 0.462 e. The number of hydrogen-bond donors (Lipinski definition) is 0. The summed E-state index contributed by atoms with van der Waals surface area (Å²) in [4.78, 5) is 38.4. The molecule has 1 unspecified atom stereocenters. The van der Waals surface area contributed by atoms with E-state index in [9.17, 15) is 14.4 Å². The van der Waals surface area contributed by atoms with Crippen LogP contribution in [0.15, 0.2) is 158 Å². The van der Waals surface area contributed by atoms with E-state index in [2.05, 4.69) is 173 Å². The SMILES string of the molecule is CC/C=C\C/C=C\C/C=C\C/C=C\C/C=C\C/C=C\CCCCCCC(=O)OCC(COC(=O)CC/C=C\C/C=C\C/C=C\C/C=C\C/C=C\C/C=C\CC)OC(=O)CCCCCCCCCCCCC/C=C\CCCCCCCCCC. The van der Waals surface area contributed by atoms with E-state index in [1.165, 1.54) is 116 Å². The van der Waals surface area contributed by atoms with Crippen LogP contribution in [-0.4, -0.2) is 37.2 Å². The lowest BCUT2D eigenvalue weighted by atomic mass is 10.0. The number of rotatable bonds is 60. The molecule has 0 N–H and O–H groups in total. The second-order valence-electron chi connectivity index (χ2n) is 22.0. The highest BCUT2D eigenvalue weighted by Crippen LogP contribution is 2.15. The smallest absolute Gasteiger partial charge is 0.306 e. The van der Waals surface area contributed by atoms with Gasteiger partial charge in [-0.25, -0.2) is 0 Å². The molecule has 83 heavy (non-hydrogen) atoms. The molecule has 0 radical (unpaired) electrons. The molecule has 1 atom stereocenters. The normalized spacial score (nSPS) is 13.1. The first-order chi connectivity index (χ1) is 41.0. The Hall–Kier alpha value is -4.97. The van der Waals surface area contributed by atoms with Crippen LogP contribution >= 0.6 is 0 Å². The average molecular weight is 1150 g/mol. The molecular weight excluding hydrogens is 1020 g/mol. The summed E-state index contributed by atoms with van der Waals surface area (Å²) < 4.78 is 16.9. The molecule has 6 heteroatoms. The monoisotopic (exact) mass is 1140 g/mol. The van der Waals surface area contributed by atoms with Gasteiger partial charge < -0.3 is 14.2 Å². The molecule has 0 aromatic carbocycles. The van der Waals surface area contributed by atoms with Gasteiger partial charge in [0.1, 0.15) is 13.2 Å². The molecule has 0 amide bonds. The summed E-state index contributed by atoms with van der Waals surface area (Å²) in [5, 5.41) is 0. The van der Waals surface area contributed by atoms with E-state index in [1.54, 1.807) is 0 Å². The van der Waals surface area contributed by atoms with E-state index in [-0.39, 0.29) is 37.5 Å². The first kappa shape index (κ1) is 78.0. The molecule has 0 saturated heterocycles. The van der Waals surface area contributed by atoms with Crippen LogP contribution in [0.3, 0.4) is 0 Å². The maximum Gasteiger partial charge on any atom is 0.306 e. The molecule has 0 saturated carbocycles. The summed E-state index contributed by atoms with van der Waals surface area (Å²) in [5.74, 6) is -1.03. The molecule has 468 valence electrons. The average Bonchev–Trinajstić information content (AvgIpc) is 3.49. The summed E-state index contributed by atoms with van der Waals surface area (Å²) in [6, 6.07) is 0. The summed E-state index contributed by atoms with van der Waals surface area (Å²) in [5.41, 5.74) is 0. The zero-order chi connectivity index (χ0) is 59.9. The van der Waals surface area contributed by atoms with E-state index < -0.39 is 6.10 Å². The molecule has 0 heterocycles. The minimum atomic E-state index is -0.830. The van der Waals surface area contributed by atoms with Crippen LogP contribution in [0.2, 0.25) is 0 Å². The maximum atomic E-state index is 13.0. The Morgan fingerprint density at radius 1 is 0.253 bits per heavy atom. The van der Waals surface area contributed by atoms with Crippen molar-refractivity contribution in [2.24, 2.45) is 0 Å². The number of unbranched alkanes of at least 4 members (excludes halogenated alkanes) is 23. The van der Waals surface area contributed by atoms with Gasteiger partial charge in [-0.05, 0) is 135 Å². The number of carbonyl (C=O) groups excluding carboxylic acids is 3. The fraction of sp³-hybridized carbons (Fsp3) is 0.623. The van der Waals surface area contributed by atoms with Gasteiger partial charge in [0, 0.05) is 19.3 Å². The van der Waals surface area contributed by atoms with Gasteiger partial charge in [-0.15, -0.1) is 0 Å². The molecule has 0 aliphatic rings. The maximum absolute atomic E-state index is 13.0. The molecule has 0 aliphatic carbocycles. The van der Waals surface area contributed by atoms with Crippen molar-refractivity contribution in [3.63, 3.8) is 0 Å². The van der Waals surface area contributed by atoms with E-state index in [4.69, 9.17) is 14.2 Å². The van der Waals surface area contributed by atoms with E-state index in [0.717, 1.165) is 128 Å². The fourth-order valence-electron chi connectivity index (χ4n) is 9.00. The van der Waals surface area contributed by atoms with Crippen molar-refractivity contribution < 1.29 is 28.6 Å². The predicted octanol–water partition coefficient (Wildman–Crippen LogP) is 23.7. The summed E-state index contributed by atoms with van der Waals surface area (Å²) in [7, 11) is 0. The van der Waals surface area contributed by atoms with E-state index in [1.807, 2.05) is 6.08 Å². The van der Waals surface area contributed by atoms with Gasteiger partial charge >= 0.3 is 17.9 Å². The Morgan fingerprint density at radius 2 is 0.494 bits per heavy atom.